The zero-order chi connectivity index (χ0) is 8.97. The molecule has 0 aromatic heterocycles. The molecule has 64 valence electrons. The highest BCUT2D eigenvalue weighted by atomic mass is 13.9. The van der Waals surface area contributed by atoms with Gasteiger partial charge in [-0.1, -0.05) is 42.8 Å². The summed E-state index contributed by atoms with van der Waals surface area (Å²) in [5.74, 6) is 0. The van der Waals surface area contributed by atoms with Crippen LogP contribution in [0.25, 0.3) is 6.08 Å². The van der Waals surface area contributed by atoms with Crippen molar-refractivity contribution in [3.05, 3.63) is 41.0 Å². The summed E-state index contributed by atoms with van der Waals surface area (Å²) >= 11 is 0. The van der Waals surface area contributed by atoms with Crippen molar-refractivity contribution >= 4 is 6.08 Å². The molecule has 0 saturated heterocycles. The van der Waals surface area contributed by atoms with Crippen molar-refractivity contribution in [2.24, 2.45) is 0 Å². The predicted molar refractivity (Wildman–Crippen MR) is 55.1 cm³/mol. The van der Waals surface area contributed by atoms with Gasteiger partial charge in [0.1, 0.15) is 0 Å². The fraction of sp³-hybridized carbons (Fsp3) is 0.333. The second-order valence-corrected chi connectivity index (χ2v) is 3.32. The third-order valence-corrected chi connectivity index (χ3v) is 1.84. The Morgan fingerprint density at radius 3 is 2.17 bits per heavy atom. The Kier molecular flexibility index (Phi) is 3.09. The Hall–Kier alpha value is -1.04. The first-order chi connectivity index (χ1) is 5.72. The highest BCUT2D eigenvalue weighted by molar-refractivity contribution is 5.52. The van der Waals surface area contributed by atoms with E-state index in [4.69, 9.17) is 0 Å². The van der Waals surface area contributed by atoms with Gasteiger partial charge in [0.25, 0.3) is 0 Å². The van der Waals surface area contributed by atoms with Gasteiger partial charge in [-0.05, 0) is 31.4 Å². The highest BCUT2D eigenvalue weighted by Crippen LogP contribution is 2.08. The van der Waals surface area contributed by atoms with E-state index in [2.05, 4.69) is 51.1 Å². The molecule has 0 unspecified atom stereocenters. The largest absolute Gasteiger partial charge is 0.0758 e. The van der Waals surface area contributed by atoms with Gasteiger partial charge >= 0.3 is 0 Å². The van der Waals surface area contributed by atoms with Crippen LogP contribution in [0.1, 0.15) is 31.9 Å². The number of allylic oxidation sites excluding steroid dienone is 1. The van der Waals surface area contributed by atoms with E-state index in [1.807, 2.05) is 0 Å². The molecule has 1 aromatic rings. The quantitative estimate of drug-likeness (QED) is 0.619. The van der Waals surface area contributed by atoms with Crippen LogP contribution < -0.4 is 0 Å². The molecule has 0 amide bonds. The normalized spacial score (nSPS) is 9.58. The van der Waals surface area contributed by atoms with Crippen LogP contribution in [0, 0.1) is 0 Å². The van der Waals surface area contributed by atoms with Crippen molar-refractivity contribution in [3.8, 4) is 0 Å². The molecule has 0 bridgehead atoms. The summed E-state index contributed by atoms with van der Waals surface area (Å²) in [4.78, 5) is 0. The van der Waals surface area contributed by atoms with E-state index in [9.17, 15) is 0 Å². The Morgan fingerprint density at radius 2 is 1.75 bits per heavy atom. The Morgan fingerprint density at radius 1 is 1.17 bits per heavy atom. The minimum absolute atomic E-state index is 1.12. The van der Waals surface area contributed by atoms with Gasteiger partial charge in [0.2, 0.25) is 0 Å². The third kappa shape index (κ3) is 2.54. The van der Waals surface area contributed by atoms with Crippen LogP contribution >= 0.6 is 0 Å². The minimum atomic E-state index is 1.12. The lowest BCUT2D eigenvalue weighted by atomic mass is 10.1. The fourth-order valence-corrected chi connectivity index (χ4v) is 1.18. The van der Waals surface area contributed by atoms with E-state index in [1.165, 1.54) is 16.7 Å². The molecule has 0 radical (unpaired) electrons. The Balaban J connectivity index is 2.85. The zero-order valence-corrected chi connectivity index (χ0v) is 8.09. The summed E-state index contributed by atoms with van der Waals surface area (Å²) < 4.78 is 0. The van der Waals surface area contributed by atoms with Crippen LogP contribution in [0.3, 0.4) is 0 Å². The molecule has 0 atom stereocenters. The summed E-state index contributed by atoms with van der Waals surface area (Å²) in [7, 11) is 0. The van der Waals surface area contributed by atoms with Gasteiger partial charge in [0, 0.05) is 0 Å². The smallest absolute Gasteiger partial charge is 0.0257 e. The summed E-state index contributed by atoms with van der Waals surface area (Å²) in [6.07, 6.45) is 3.31. The number of benzene rings is 1. The van der Waals surface area contributed by atoms with Crippen LogP contribution in [-0.2, 0) is 6.42 Å². The molecule has 0 saturated carbocycles. The summed E-state index contributed by atoms with van der Waals surface area (Å²) in [6, 6.07) is 8.72. The molecule has 0 aliphatic heterocycles. The first-order valence-corrected chi connectivity index (χ1v) is 4.46. The van der Waals surface area contributed by atoms with Gasteiger partial charge < -0.3 is 0 Å². The van der Waals surface area contributed by atoms with E-state index in [0.29, 0.717) is 0 Å². The van der Waals surface area contributed by atoms with Crippen molar-refractivity contribution in [2.45, 2.75) is 27.2 Å². The lowest BCUT2D eigenvalue weighted by Crippen LogP contribution is -1.79. The number of hydrogen-bond acceptors (Lipinski definition) is 0. The van der Waals surface area contributed by atoms with Gasteiger partial charge in [0.05, 0.1) is 0 Å². The van der Waals surface area contributed by atoms with E-state index in [1.54, 1.807) is 0 Å². The molecular formula is C12H16. The second-order valence-electron chi connectivity index (χ2n) is 3.32. The van der Waals surface area contributed by atoms with Crippen molar-refractivity contribution < 1.29 is 0 Å². The maximum absolute atomic E-state index is 2.19. The molecule has 1 aromatic carbocycles. The average Bonchev–Trinajstić information content (AvgIpc) is 2.05. The first-order valence-electron chi connectivity index (χ1n) is 4.46. The van der Waals surface area contributed by atoms with Crippen molar-refractivity contribution in [3.63, 3.8) is 0 Å². The summed E-state index contributed by atoms with van der Waals surface area (Å²) in [6.45, 7) is 6.41. The average molecular weight is 160 g/mol. The molecular weight excluding hydrogens is 144 g/mol. The van der Waals surface area contributed by atoms with E-state index in [-0.39, 0.29) is 0 Å². The van der Waals surface area contributed by atoms with Crippen LogP contribution in [0.4, 0.5) is 0 Å². The molecule has 1 rings (SSSR count). The van der Waals surface area contributed by atoms with Crippen LogP contribution in [0.5, 0.6) is 0 Å². The standard InChI is InChI=1S/C12H16/c1-4-11-5-7-12(8-6-11)9-10(2)3/h5-9H,4H2,1-3H3. The van der Waals surface area contributed by atoms with Crippen molar-refractivity contribution in [1.29, 1.82) is 0 Å². The lowest BCUT2D eigenvalue weighted by molar-refractivity contribution is 1.14. The van der Waals surface area contributed by atoms with Gasteiger partial charge in [-0.2, -0.15) is 0 Å². The van der Waals surface area contributed by atoms with Gasteiger partial charge in [-0.25, -0.2) is 0 Å². The molecule has 0 heterocycles. The Labute approximate surface area is 74.9 Å². The van der Waals surface area contributed by atoms with Crippen LogP contribution in [-0.4, -0.2) is 0 Å². The van der Waals surface area contributed by atoms with Gasteiger partial charge in [-0.3, -0.25) is 0 Å². The van der Waals surface area contributed by atoms with Crippen molar-refractivity contribution in [2.75, 3.05) is 0 Å². The second kappa shape index (κ2) is 4.10. The summed E-state index contributed by atoms with van der Waals surface area (Å²) in [5.41, 5.74) is 4.05. The maximum atomic E-state index is 2.19. The predicted octanol–water partition coefficient (Wildman–Crippen LogP) is 3.67. The SMILES string of the molecule is CCc1ccc(C=C(C)C)cc1. The molecule has 0 aliphatic rings. The monoisotopic (exact) mass is 160 g/mol. The minimum Gasteiger partial charge on any atom is -0.0758 e. The number of aryl methyl sites for hydroxylation is 1. The van der Waals surface area contributed by atoms with E-state index >= 15 is 0 Å². The van der Waals surface area contributed by atoms with E-state index in [0.717, 1.165) is 6.42 Å². The van der Waals surface area contributed by atoms with E-state index < -0.39 is 0 Å². The van der Waals surface area contributed by atoms with Crippen LogP contribution in [0.15, 0.2) is 29.8 Å². The molecule has 12 heavy (non-hydrogen) atoms. The third-order valence-electron chi connectivity index (χ3n) is 1.84. The van der Waals surface area contributed by atoms with Gasteiger partial charge in [-0.15, -0.1) is 0 Å². The molecule has 0 heteroatoms. The maximum Gasteiger partial charge on any atom is -0.0257 e. The topological polar surface area (TPSA) is 0 Å². The molecule has 0 spiro atoms. The molecule has 0 N–H and O–H groups in total. The first kappa shape index (κ1) is 9.05. The van der Waals surface area contributed by atoms with Crippen LogP contribution in [0.2, 0.25) is 0 Å². The van der Waals surface area contributed by atoms with Gasteiger partial charge in [0.15, 0.2) is 0 Å². The fourth-order valence-electron chi connectivity index (χ4n) is 1.18. The molecule has 0 nitrogen and oxygen atoms in total. The Bertz CT molecular complexity index is 261. The molecule has 0 aliphatic carbocycles. The number of hydrogen-bond donors (Lipinski definition) is 0. The number of rotatable bonds is 2. The summed E-state index contributed by atoms with van der Waals surface area (Å²) in [5, 5.41) is 0. The highest BCUT2D eigenvalue weighted by Gasteiger charge is 1.88. The molecule has 0 fully saturated rings. The van der Waals surface area contributed by atoms with Crippen molar-refractivity contribution in [1.82, 2.24) is 0 Å². The lowest BCUT2D eigenvalue weighted by Gasteiger charge is -1.97. The zero-order valence-electron chi connectivity index (χ0n) is 8.09.